The number of carbonyl (C=O) groups excluding carboxylic acids is 5. The molecule has 0 bridgehead atoms. The molecule has 1 fully saturated rings. The van der Waals surface area contributed by atoms with Gasteiger partial charge < -0.3 is 35.4 Å². The van der Waals surface area contributed by atoms with E-state index in [0.29, 0.717) is 10.7 Å². The monoisotopic (exact) mass is 781 g/mol. The molecule has 2 aliphatic heterocycles. The fourth-order valence-corrected chi connectivity index (χ4v) is 7.08. The molecular formula is C29H39N11O9S3. The lowest BCUT2D eigenvalue weighted by Crippen LogP contribution is -2.71. The number of rotatable bonds is 15. The standard InChI is InChI=1S/C29H39N11O9S3/c1-8-11-48-35-16(19-33-25(30)52-36-19)20(41)32-17-21(42)40-18(23(43)46-14-47-24(44)28(2,3)4)15(12-50-22(17)40)13-51-26-34-37-38-39(26)10-9-31-27(45)49-29(5,6)7/h8,17,22H,1,9-14H2,2-7H3,(H,31,45)(H,32,41)(H2,30,33,36)/b35-16-/t17?,22-/m1/s1. The predicted molar refractivity (Wildman–Crippen MR) is 188 cm³/mol. The maximum absolute atomic E-state index is 13.6. The van der Waals surface area contributed by atoms with Crippen molar-refractivity contribution in [1.29, 1.82) is 0 Å². The Hall–Kier alpha value is -4.77. The molecule has 1 unspecified atom stereocenters. The summed E-state index contributed by atoms with van der Waals surface area (Å²) in [6, 6.07) is -1.07. The first-order valence-electron chi connectivity index (χ1n) is 15.6. The highest BCUT2D eigenvalue weighted by Crippen LogP contribution is 2.42. The van der Waals surface area contributed by atoms with Crippen molar-refractivity contribution >= 4 is 75.7 Å². The summed E-state index contributed by atoms with van der Waals surface area (Å²) in [5.74, 6) is -2.62. The SMILES string of the molecule is C=CCO/N=C(\C(=O)NC1C(=O)N2C(C(=O)OCOC(=O)C(C)(C)C)=C(CSc3nnnn3CCNC(=O)OC(C)(C)C)CS[C@H]12)c1nsc(N)n1. The third-order valence-corrected chi connectivity index (χ3v) is 9.53. The average Bonchev–Trinajstić information content (AvgIpc) is 3.70. The summed E-state index contributed by atoms with van der Waals surface area (Å²) in [6.07, 6.45) is 0.832. The molecule has 0 radical (unpaired) electrons. The van der Waals surface area contributed by atoms with E-state index >= 15 is 0 Å². The number of thioether (sulfide) groups is 2. The van der Waals surface area contributed by atoms with E-state index in [2.05, 4.69) is 47.3 Å². The minimum absolute atomic E-state index is 0.0114. The highest BCUT2D eigenvalue weighted by molar-refractivity contribution is 8.01. The number of amides is 3. The Morgan fingerprint density at radius 1 is 1.17 bits per heavy atom. The molecule has 0 aliphatic carbocycles. The Kier molecular flexibility index (Phi) is 13.2. The average molecular weight is 782 g/mol. The van der Waals surface area contributed by atoms with E-state index in [1.54, 1.807) is 41.5 Å². The number of hydrogen-bond acceptors (Lipinski definition) is 19. The number of tetrazole rings is 1. The van der Waals surface area contributed by atoms with Crippen molar-refractivity contribution in [3.05, 3.63) is 29.7 Å². The molecule has 52 heavy (non-hydrogen) atoms. The van der Waals surface area contributed by atoms with Crippen LogP contribution in [0.5, 0.6) is 0 Å². The van der Waals surface area contributed by atoms with E-state index in [0.717, 1.165) is 11.5 Å². The highest BCUT2D eigenvalue weighted by atomic mass is 32.2. The number of nitrogens with zero attached hydrogens (tertiary/aromatic N) is 8. The zero-order chi connectivity index (χ0) is 38.2. The van der Waals surface area contributed by atoms with Crippen LogP contribution in [0.15, 0.2) is 34.2 Å². The van der Waals surface area contributed by atoms with Gasteiger partial charge in [-0.3, -0.25) is 19.3 Å². The smallest absolute Gasteiger partial charge is 0.407 e. The lowest BCUT2D eigenvalue weighted by molar-refractivity contribution is -0.173. The van der Waals surface area contributed by atoms with Crippen molar-refractivity contribution < 1.29 is 43.0 Å². The third kappa shape index (κ3) is 10.4. The van der Waals surface area contributed by atoms with E-state index in [1.807, 2.05) is 0 Å². The molecule has 0 aromatic carbocycles. The second-order valence-electron chi connectivity index (χ2n) is 12.9. The largest absolute Gasteiger partial charge is 0.444 e. The van der Waals surface area contributed by atoms with Gasteiger partial charge in [-0.2, -0.15) is 9.36 Å². The van der Waals surface area contributed by atoms with Gasteiger partial charge in [-0.1, -0.05) is 29.6 Å². The lowest BCUT2D eigenvalue weighted by atomic mass is 9.98. The summed E-state index contributed by atoms with van der Waals surface area (Å²) in [5.41, 5.74) is 4.31. The van der Waals surface area contributed by atoms with Crippen LogP contribution in [0.2, 0.25) is 0 Å². The van der Waals surface area contributed by atoms with Crippen LogP contribution in [0.25, 0.3) is 0 Å². The maximum Gasteiger partial charge on any atom is 0.407 e. The Labute approximate surface area is 310 Å². The molecule has 4 heterocycles. The zero-order valence-corrected chi connectivity index (χ0v) is 31.7. The van der Waals surface area contributed by atoms with Gasteiger partial charge in [0.2, 0.25) is 23.5 Å². The number of ether oxygens (including phenoxy) is 3. The number of alkyl carbamates (subject to hydrolysis) is 1. The fourth-order valence-electron chi connectivity index (χ4n) is 4.25. The van der Waals surface area contributed by atoms with Crippen molar-refractivity contribution in [2.24, 2.45) is 10.6 Å². The normalized spacial score (nSPS) is 17.5. The van der Waals surface area contributed by atoms with Crippen LogP contribution < -0.4 is 16.4 Å². The molecule has 2 aromatic heterocycles. The van der Waals surface area contributed by atoms with E-state index < -0.39 is 59.1 Å². The van der Waals surface area contributed by atoms with Crippen LogP contribution in [-0.4, -0.2) is 118 Å². The van der Waals surface area contributed by atoms with E-state index in [4.69, 9.17) is 24.8 Å². The molecule has 0 spiro atoms. The maximum atomic E-state index is 13.6. The second-order valence-corrected chi connectivity index (χ2v) is 15.8. The van der Waals surface area contributed by atoms with Gasteiger partial charge >= 0.3 is 18.0 Å². The topological polar surface area (TPSA) is 257 Å². The number of aromatic nitrogens is 6. The van der Waals surface area contributed by atoms with Gasteiger partial charge in [0.1, 0.15) is 29.3 Å². The lowest BCUT2D eigenvalue weighted by Gasteiger charge is -2.49. The Morgan fingerprint density at radius 3 is 2.58 bits per heavy atom. The molecule has 2 atom stereocenters. The first-order valence-corrected chi connectivity index (χ1v) is 18.4. The van der Waals surface area contributed by atoms with Gasteiger partial charge in [0.25, 0.3) is 11.8 Å². The summed E-state index contributed by atoms with van der Waals surface area (Å²) >= 11 is 3.33. The second kappa shape index (κ2) is 17.2. The highest BCUT2D eigenvalue weighted by Gasteiger charge is 2.55. The first kappa shape index (κ1) is 40.0. The minimum atomic E-state index is -1.07. The first-order chi connectivity index (χ1) is 24.5. The number of β-lactam (4-membered cyclic amide) rings is 1. The van der Waals surface area contributed by atoms with E-state index in [-0.39, 0.29) is 53.6 Å². The van der Waals surface area contributed by atoms with Crippen LogP contribution in [0.1, 0.15) is 47.4 Å². The number of nitrogens with one attached hydrogen (secondary N) is 2. The summed E-state index contributed by atoms with van der Waals surface area (Å²) in [7, 11) is 0. The molecule has 4 rings (SSSR count). The summed E-state index contributed by atoms with van der Waals surface area (Å²) in [5, 5.41) is 20.6. The van der Waals surface area contributed by atoms with E-state index in [9.17, 15) is 24.0 Å². The molecule has 20 nitrogen and oxygen atoms in total. The van der Waals surface area contributed by atoms with Gasteiger partial charge in [-0.15, -0.1) is 16.9 Å². The number of oxime groups is 1. The van der Waals surface area contributed by atoms with Crippen LogP contribution in [0.4, 0.5) is 9.93 Å². The molecule has 2 aromatic rings. The predicted octanol–water partition coefficient (Wildman–Crippen LogP) is 1.07. The van der Waals surface area contributed by atoms with Crippen LogP contribution in [-0.2, 0) is 44.8 Å². The van der Waals surface area contributed by atoms with Gasteiger partial charge in [-0.05, 0) is 57.5 Å². The quantitative estimate of drug-likeness (QED) is 0.0334. The molecule has 282 valence electrons. The van der Waals surface area contributed by atoms with Crippen molar-refractivity contribution in [2.75, 3.05) is 37.2 Å². The number of nitrogens with two attached hydrogens (primary N) is 1. The molecular weight excluding hydrogens is 743 g/mol. The number of carbonyl (C=O) groups is 5. The van der Waals surface area contributed by atoms with Gasteiger partial charge in [0, 0.05) is 29.6 Å². The van der Waals surface area contributed by atoms with E-state index in [1.165, 1.54) is 39.2 Å². The van der Waals surface area contributed by atoms with Crippen LogP contribution in [0.3, 0.4) is 0 Å². The summed E-state index contributed by atoms with van der Waals surface area (Å²) in [6.45, 7) is 13.4. The minimum Gasteiger partial charge on any atom is -0.444 e. The molecule has 1 saturated heterocycles. The number of anilines is 1. The van der Waals surface area contributed by atoms with Crippen molar-refractivity contribution in [2.45, 2.75) is 70.3 Å². The molecule has 23 heteroatoms. The molecule has 2 aliphatic rings. The van der Waals surface area contributed by atoms with Crippen LogP contribution >= 0.6 is 35.1 Å². The van der Waals surface area contributed by atoms with Crippen molar-refractivity contribution in [3.8, 4) is 0 Å². The Balaban J connectivity index is 1.50. The number of fused-ring (bicyclic) bond motifs is 1. The molecule has 4 N–H and O–H groups in total. The van der Waals surface area contributed by atoms with Gasteiger partial charge in [-0.25, -0.2) is 14.3 Å². The fraction of sp³-hybridized carbons (Fsp3) is 0.552. The third-order valence-electron chi connectivity index (χ3n) is 6.60. The summed E-state index contributed by atoms with van der Waals surface area (Å²) in [4.78, 5) is 75.1. The summed E-state index contributed by atoms with van der Waals surface area (Å²) < 4.78 is 21.2. The van der Waals surface area contributed by atoms with Crippen LogP contribution in [0, 0.1) is 5.41 Å². The zero-order valence-electron chi connectivity index (χ0n) is 29.2. The van der Waals surface area contributed by atoms with Gasteiger partial charge in [0.05, 0.1) is 12.0 Å². The Morgan fingerprint density at radius 2 is 1.92 bits per heavy atom. The van der Waals surface area contributed by atoms with Crippen molar-refractivity contribution in [3.63, 3.8) is 0 Å². The molecule has 3 amide bonds. The van der Waals surface area contributed by atoms with Gasteiger partial charge in [0.15, 0.2) is 5.13 Å². The Bertz CT molecular complexity index is 1750. The molecule has 0 saturated carbocycles. The van der Waals surface area contributed by atoms with Crippen molar-refractivity contribution in [1.82, 2.24) is 45.1 Å². The number of nitrogen functional groups attached to an aromatic ring is 1. The number of hydrogen-bond donors (Lipinski definition) is 3. The number of esters is 2.